The van der Waals surface area contributed by atoms with Crippen LogP contribution >= 0.6 is 0 Å². The van der Waals surface area contributed by atoms with E-state index >= 15 is 0 Å². The van der Waals surface area contributed by atoms with Crippen molar-refractivity contribution in [3.63, 3.8) is 0 Å². The van der Waals surface area contributed by atoms with Gasteiger partial charge in [0.1, 0.15) is 22.5 Å². The zero-order chi connectivity index (χ0) is 21.7. The molecule has 6 nitrogen and oxygen atoms in total. The highest BCUT2D eigenvalue weighted by Crippen LogP contribution is 2.37. The van der Waals surface area contributed by atoms with E-state index in [0.717, 1.165) is 44.4 Å². The lowest BCUT2D eigenvalue weighted by atomic mass is 10.00. The maximum Gasteiger partial charge on any atom is 0.227 e. The van der Waals surface area contributed by atoms with E-state index < -0.39 is 0 Å². The Morgan fingerprint density at radius 1 is 0.594 bits per heavy atom. The molecule has 0 N–H and O–H groups in total. The van der Waals surface area contributed by atoms with E-state index in [1.165, 1.54) is 0 Å². The molecule has 0 aliphatic heterocycles. The first-order chi connectivity index (χ1) is 15.7. The van der Waals surface area contributed by atoms with E-state index in [9.17, 15) is 0 Å². The van der Waals surface area contributed by atoms with E-state index in [2.05, 4.69) is 12.1 Å². The zero-order valence-electron chi connectivity index (χ0n) is 17.5. The van der Waals surface area contributed by atoms with Crippen LogP contribution in [0.5, 0.6) is 11.5 Å². The smallest absolute Gasteiger partial charge is 0.227 e. The Morgan fingerprint density at radius 3 is 1.50 bits per heavy atom. The van der Waals surface area contributed by atoms with Crippen molar-refractivity contribution in [2.75, 3.05) is 14.2 Å². The van der Waals surface area contributed by atoms with Crippen LogP contribution in [0.4, 0.5) is 0 Å². The van der Waals surface area contributed by atoms with E-state index in [-0.39, 0.29) is 0 Å². The van der Waals surface area contributed by atoms with E-state index in [0.29, 0.717) is 22.9 Å². The van der Waals surface area contributed by atoms with Crippen molar-refractivity contribution in [2.45, 2.75) is 0 Å². The highest BCUT2D eigenvalue weighted by Gasteiger charge is 2.16. The molecule has 32 heavy (non-hydrogen) atoms. The third kappa shape index (κ3) is 2.88. The Morgan fingerprint density at radius 2 is 1.06 bits per heavy atom. The Hall–Kier alpha value is -4.32. The van der Waals surface area contributed by atoms with Gasteiger partial charge in [-0.3, -0.25) is 0 Å². The van der Waals surface area contributed by atoms with Gasteiger partial charge in [-0.2, -0.15) is 0 Å². The number of methoxy groups -OCH3 is 2. The fourth-order valence-corrected chi connectivity index (χ4v) is 3.98. The summed E-state index contributed by atoms with van der Waals surface area (Å²) in [5.41, 5.74) is 4.72. The number of hydrogen-bond donors (Lipinski definition) is 0. The molecule has 0 saturated heterocycles. The van der Waals surface area contributed by atoms with Crippen molar-refractivity contribution in [3.8, 4) is 34.4 Å². The lowest BCUT2D eigenvalue weighted by Crippen LogP contribution is -1.85. The average molecular weight is 422 g/mol. The number of nitrogens with zero attached hydrogens (tertiary/aromatic N) is 2. The molecule has 0 aliphatic carbocycles. The summed E-state index contributed by atoms with van der Waals surface area (Å²) in [7, 11) is 3.27. The quantitative estimate of drug-likeness (QED) is 0.324. The van der Waals surface area contributed by atoms with Gasteiger partial charge in [0, 0.05) is 23.3 Å². The third-order valence-corrected chi connectivity index (χ3v) is 5.57. The molecule has 0 spiro atoms. The highest BCUT2D eigenvalue weighted by atomic mass is 16.5. The van der Waals surface area contributed by atoms with Crippen molar-refractivity contribution in [1.29, 1.82) is 0 Å². The number of oxazole rings is 2. The maximum atomic E-state index is 6.06. The SMILES string of the molecule is COc1ccc2oc(-c3cccc4c(-c5nc6cc(OC)ccc6o5)cccc34)nc2c1. The van der Waals surface area contributed by atoms with Crippen molar-refractivity contribution in [3.05, 3.63) is 72.8 Å². The standard InChI is InChI=1S/C26H18N2O4/c1-29-15-9-11-23-21(13-15)27-25(31-23)19-7-3-6-18-17(19)5-4-8-20(18)26-28-22-14-16(30-2)10-12-24(22)32-26/h3-14H,1-2H3. The summed E-state index contributed by atoms with van der Waals surface area (Å²) in [6.45, 7) is 0. The van der Waals surface area contributed by atoms with Gasteiger partial charge >= 0.3 is 0 Å². The van der Waals surface area contributed by atoms with Gasteiger partial charge in [-0.25, -0.2) is 9.97 Å². The second kappa shape index (κ2) is 7.13. The van der Waals surface area contributed by atoms with Gasteiger partial charge in [-0.1, -0.05) is 24.3 Å². The lowest BCUT2D eigenvalue weighted by molar-refractivity contribution is 0.415. The average Bonchev–Trinajstić information content (AvgIpc) is 3.46. The van der Waals surface area contributed by atoms with Crippen LogP contribution in [0.1, 0.15) is 0 Å². The summed E-state index contributed by atoms with van der Waals surface area (Å²) in [4.78, 5) is 9.40. The van der Waals surface area contributed by atoms with Crippen LogP contribution in [0.3, 0.4) is 0 Å². The molecule has 2 heterocycles. The summed E-state index contributed by atoms with van der Waals surface area (Å²) in [5, 5.41) is 2.01. The summed E-state index contributed by atoms with van der Waals surface area (Å²) in [6, 6.07) is 23.3. The molecule has 0 atom stereocenters. The van der Waals surface area contributed by atoms with Gasteiger partial charge in [-0.05, 0) is 47.2 Å². The Kier molecular flexibility index (Phi) is 4.11. The molecule has 0 radical (unpaired) electrons. The number of benzene rings is 4. The Labute approximate surface area is 183 Å². The summed E-state index contributed by atoms with van der Waals surface area (Å²) in [5.74, 6) is 2.59. The van der Waals surface area contributed by atoms with Crippen LogP contribution in [-0.4, -0.2) is 24.2 Å². The molecule has 6 heteroatoms. The van der Waals surface area contributed by atoms with Crippen LogP contribution in [-0.2, 0) is 0 Å². The van der Waals surface area contributed by atoms with E-state index in [1.54, 1.807) is 14.2 Å². The first-order valence-electron chi connectivity index (χ1n) is 10.1. The topological polar surface area (TPSA) is 70.5 Å². The van der Waals surface area contributed by atoms with Gasteiger partial charge in [0.05, 0.1) is 14.2 Å². The van der Waals surface area contributed by atoms with Gasteiger partial charge in [0.15, 0.2) is 11.2 Å². The maximum absolute atomic E-state index is 6.06. The summed E-state index contributed by atoms with van der Waals surface area (Å²) in [6.07, 6.45) is 0. The molecule has 0 bridgehead atoms. The van der Waals surface area contributed by atoms with Crippen LogP contribution < -0.4 is 9.47 Å². The molecule has 156 valence electrons. The molecule has 0 aliphatic rings. The fraction of sp³-hybridized carbons (Fsp3) is 0.0769. The molecule has 4 aromatic carbocycles. The monoisotopic (exact) mass is 422 g/mol. The minimum absolute atomic E-state index is 0.554. The van der Waals surface area contributed by atoms with Crippen molar-refractivity contribution >= 4 is 33.0 Å². The van der Waals surface area contributed by atoms with E-state index in [1.807, 2.05) is 60.7 Å². The van der Waals surface area contributed by atoms with Crippen LogP contribution in [0, 0.1) is 0 Å². The molecule has 6 aromatic rings. The first kappa shape index (κ1) is 18.4. The van der Waals surface area contributed by atoms with Crippen molar-refractivity contribution in [2.24, 2.45) is 0 Å². The largest absolute Gasteiger partial charge is 0.497 e. The molecule has 0 saturated carbocycles. The zero-order valence-corrected chi connectivity index (χ0v) is 17.5. The number of ether oxygens (including phenoxy) is 2. The minimum atomic E-state index is 0.554. The summed E-state index contributed by atoms with van der Waals surface area (Å²) < 4.78 is 22.7. The molecule has 0 fully saturated rings. The van der Waals surface area contributed by atoms with Gasteiger partial charge in [-0.15, -0.1) is 0 Å². The highest BCUT2D eigenvalue weighted by molar-refractivity contribution is 6.03. The lowest BCUT2D eigenvalue weighted by Gasteiger charge is -2.06. The molecule has 0 amide bonds. The molecule has 2 aromatic heterocycles. The predicted octanol–water partition coefficient (Wildman–Crippen LogP) is 6.47. The fourth-order valence-electron chi connectivity index (χ4n) is 3.98. The third-order valence-electron chi connectivity index (χ3n) is 5.57. The van der Waals surface area contributed by atoms with Crippen LogP contribution in [0.15, 0.2) is 81.6 Å². The normalized spacial score (nSPS) is 11.4. The van der Waals surface area contributed by atoms with Crippen molar-refractivity contribution in [1.82, 2.24) is 9.97 Å². The predicted molar refractivity (Wildman–Crippen MR) is 123 cm³/mol. The molecular weight excluding hydrogens is 404 g/mol. The number of aromatic nitrogens is 2. The number of rotatable bonds is 4. The Balaban J connectivity index is 1.52. The second-order valence-corrected chi connectivity index (χ2v) is 7.41. The molecule has 0 unspecified atom stereocenters. The summed E-state index contributed by atoms with van der Waals surface area (Å²) >= 11 is 0. The molecule has 6 rings (SSSR count). The number of hydrogen-bond acceptors (Lipinski definition) is 6. The second-order valence-electron chi connectivity index (χ2n) is 7.41. The minimum Gasteiger partial charge on any atom is -0.497 e. The Bertz CT molecular complexity index is 1490. The van der Waals surface area contributed by atoms with E-state index in [4.69, 9.17) is 28.3 Å². The van der Waals surface area contributed by atoms with Crippen LogP contribution in [0.25, 0.3) is 55.9 Å². The first-order valence-corrected chi connectivity index (χ1v) is 10.1. The molecular formula is C26H18N2O4. The van der Waals surface area contributed by atoms with Crippen molar-refractivity contribution < 1.29 is 18.3 Å². The van der Waals surface area contributed by atoms with Gasteiger partial charge < -0.3 is 18.3 Å². The van der Waals surface area contributed by atoms with Crippen LogP contribution in [0.2, 0.25) is 0 Å². The van der Waals surface area contributed by atoms with Gasteiger partial charge in [0.25, 0.3) is 0 Å². The number of fused-ring (bicyclic) bond motifs is 3. The van der Waals surface area contributed by atoms with Gasteiger partial charge in [0.2, 0.25) is 11.8 Å².